The van der Waals surface area contributed by atoms with Crippen molar-refractivity contribution < 1.29 is 19.0 Å². The first-order valence-electron chi connectivity index (χ1n) is 10.2. The van der Waals surface area contributed by atoms with Gasteiger partial charge in [-0.25, -0.2) is 4.79 Å². The van der Waals surface area contributed by atoms with E-state index in [0.29, 0.717) is 30.8 Å². The van der Waals surface area contributed by atoms with Crippen molar-refractivity contribution in [3.63, 3.8) is 0 Å². The summed E-state index contributed by atoms with van der Waals surface area (Å²) in [7, 11) is 0. The van der Waals surface area contributed by atoms with E-state index in [4.69, 9.17) is 19.9 Å². The maximum Gasteiger partial charge on any atom is 0.407 e. The molecule has 0 aromatic carbocycles. The van der Waals surface area contributed by atoms with Crippen molar-refractivity contribution >= 4 is 6.09 Å². The number of carbonyl (C=O) groups excluding carboxylic acids is 1. The first kappa shape index (κ1) is 19.6. The molecule has 4 bridgehead atoms. The highest BCUT2D eigenvalue weighted by molar-refractivity contribution is 5.67. The van der Waals surface area contributed by atoms with E-state index in [1.54, 1.807) is 0 Å². The number of amides is 1. The van der Waals surface area contributed by atoms with Crippen LogP contribution < -0.4 is 11.1 Å². The van der Waals surface area contributed by atoms with E-state index in [1.165, 1.54) is 0 Å². The fourth-order valence-corrected chi connectivity index (χ4v) is 5.54. The van der Waals surface area contributed by atoms with Gasteiger partial charge >= 0.3 is 6.09 Å². The lowest BCUT2D eigenvalue weighted by Crippen LogP contribution is -2.51. The lowest BCUT2D eigenvalue weighted by molar-refractivity contribution is -0.139. The molecule has 6 nitrogen and oxygen atoms in total. The zero-order chi connectivity index (χ0) is 18.6. The number of hydrogen-bond donors (Lipinski definition) is 2. The Morgan fingerprint density at radius 3 is 2.46 bits per heavy atom. The van der Waals surface area contributed by atoms with Crippen LogP contribution in [0.4, 0.5) is 4.79 Å². The molecule has 4 fully saturated rings. The summed E-state index contributed by atoms with van der Waals surface area (Å²) in [6.45, 7) is 6.54. The van der Waals surface area contributed by atoms with Crippen molar-refractivity contribution in [3.05, 3.63) is 12.2 Å². The first-order valence-corrected chi connectivity index (χ1v) is 10.2. The molecule has 3 N–H and O–H groups in total. The van der Waals surface area contributed by atoms with Gasteiger partial charge in [0.2, 0.25) is 0 Å². The minimum Gasteiger partial charge on any atom is -0.446 e. The average molecular weight is 367 g/mol. The number of nitrogens with two attached hydrogens (primary N) is 1. The van der Waals surface area contributed by atoms with E-state index in [-0.39, 0.29) is 23.9 Å². The maximum atomic E-state index is 12.2. The number of carbonyl (C=O) groups is 1. The third-order valence-corrected chi connectivity index (χ3v) is 6.25. The quantitative estimate of drug-likeness (QED) is 0.645. The smallest absolute Gasteiger partial charge is 0.407 e. The summed E-state index contributed by atoms with van der Waals surface area (Å²) in [5, 5.41) is 2.80. The molecule has 4 rings (SSSR count). The minimum absolute atomic E-state index is 0.00121. The van der Waals surface area contributed by atoms with E-state index < -0.39 is 0 Å². The molecule has 26 heavy (non-hydrogen) atoms. The second kappa shape index (κ2) is 8.72. The number of hydrogen-bond acceptors (Lipinski definition) is 5. The van der Waals surface area contributed by atoms with Crippen LogP contribution in [0.3, 0.4) is 0 Å². The van der Waals surface area contributed by atoms with Gasteiger partial charge in [-0.1, -0.05) is 12.2 Å². The summed E-state index contributed by atoms with van der Waals surface area (Å²) in [6.07, 6.45) is 8.70. The highest BCUT2D eigenvalue weighted by Gasteiger charge is 2.57. The molecule has 0 heterocycles. The van der Waals surface area contributed by atoms with Gasteiger partial charge in [0.15, 0.2) is 0 Å². The van der Waals surface area contributed by atoms with Crippen LogP contribution >= 0.6 is 0 Å². The molecule has 0 aromatic heterocycles. The second-order valence-electron chi connectivity index (χ2n) is 7.93. The third-order valence-electron chi connectivity index (χ3n) is 6.25. The van der Waals surface area contributed by atoms with Crippen LogP contribution in [0, 0.1) is 17.8 Å². The monoisotopic (exact) mass is 366 g/mol. The van der Waals surface area contributed by atoms with Gasteiger partial charge in [0, 0.05) is 32.7 Å². The van der Waals surface area contributed by atoms with Crippen LogP contribution in [-0.4, -0.2) is 50.2 Å². The van der Waals surface area contributed by atoms with Gasteiger partial charge in [-0.05, 0) is 57.3 Å². The van der Waals surface area contributed by atoms with E-state index in [0.717, 1.165) is 45.3 Å². The second-order valence-corrected chi connectivity index (χ2v) is 7.93. The summed E-state index contributed by atoms with van der Waals surface area (Å²) in [5.74, 6) is 1.30. The van der Waals surface area contributed by atoms with Crippen LogP contribution in [0.2, 0.25) is 0 Å². The molecule has 148 valence electrons. The van der Waals surface area contributed by atoms with Crippen molar-refractivity contribution in [2.45, 2.75) is 63.8 Å². The van der Waals surface area contributed by atoms with Gasteiger partial charge in [0.25, 0.3) is 0 Å². The molecule has 0 spiro atoms. The average Bonchev–Trinajstić information content (AvgIpc) is 2.78. The van der Waals surface area contributed by atoms with E-state index in [2.05, 4.69) is 19.2 Å². The summed E-state index contributed by atoms with van der Waals surface area (Å²) < 4.78 is 18.2. The molecule has 0 radical (unpaired) electrons. The predicted molar refractivity (Wildman–Crippen MR) is 99.8 cm³/mol. The van der Waals surface area contributed by atoms with Crippen LogP contribution in [0.1, 0.15) is 46.0 Å². The van der Waals surface area contributed by atoms with Gasteiger partial charge < -0.3 is 25.3 Å². The Kier molecular flexibility index (Phi) is 6.59. The van der Waals surface area contributed by atoms with E-state index in [9.17, 15) is 4.79 Å². The fraction of sp³-hybridized carbons (Fsp3) is 0.850. The molecule has 4 saturated carbocycles. The minimum atomic E-state index is -0.324. The number of fused-ring (bicyclic) bond motifs is 1. The zero-order valence-electron chi connectivity index (χ0n) is 16.1. The Morgan fingerprint density at radius 2 is 1.85 bits per heavy atom. The van der Waals surface area contributed by atoms with Crippen molar-refractivity contribution in [2.24, 2.45) is 23.5 Å². The predicted octanol–water partition coefficient (Wildman–Crippen LogP) is 2.62. The van der Waals surface area contributed by atoms with Gasteiger partial charge in [0.1, 0.15) is 6.10 Å². The molecule has 3 atom stereocenters. The molecule has 6 heteroatoms. The summed E-state index contributed by atoms with van der Waals surface area (Å²) in [6, 6.07) is 0. The first-order chi connectivity index (χ1) is 12.6. The zero-order valence-corrected chi connectivity index (χ0v) is 16.1. The molecule has 0 aliphatic heterocycles. The summed E-state index contributed by atoms with van der Waals surface area (Å²) in [5.41, 5.74) is 5.30. The standard InChI is InChI=1S/C20H34N2O4/c1-3-24-17-13-20(25-4-2)11-15-9-14(17)10-16(12-20)18(15)26-19(23)22-8-6-5-7-21/h5-6,14-18H,3-4,7-13,21H2,1-2H3,(H,22,23)/b6-5+/t14?,15?,16?,17-,18?,20?/m0/s1. The van der Waals surface area contributed by atoms with Gasteiger partial charge in [-0.3, -0.25) is 0 Å². The number of alkyl carbamates (subject to hydrolysis) is 1. The third kappa shape index (κ3) is 4.24. The Labute approximate surface area is 156 Å². The Morgan fingerprint density at radius 1 is 1.12 bits per heavy atom. The highest BCUT2D eigenvalue weighted by atomic mass is 16.6. The highest BCUT2D eigenvalue weighted by Crippen LogP contribution is 2.56. The van der Waals surface area contributed by atoms with Crippen molar-refractivity contribution in [3.8, 4) is 0 Å². The Bertz CT molecular complexity index is 494. The van der Waals surface area contributed by atoms with E-state index in [1.807, 2.05) is 12.2 Å². The van der Waals surface area contributed by atoms with Crippen molar-refractivity contribution in [1.82, 2.24) is 5.32 Å². The van der Waals surface area contributed by atoms with Gasteiger partial charge in [-0.15, -0.1) is 0 Å². The number of rotatable bonds is 8. The molecular weight excluding hydrogens is 332 g/mol. The van der Waals surface area contributed by atoms with Gasteiger partial charge in [0.05, 0.1) is 11.7 Å². The van der Waals surface area contributed by atoms with Crippen LogP contribution in [0.15, 0.2) is 12.2 Å². The molecule has 4 aliphatic carbocycles. The van der Waals surface area contributed by atoms with Crippen LogP contribution in [0.5, 0.6) is 0 Å². The topological polar surface area (TPSA) is 82.8 Å². The lowest BCUT2D eigenvalue weighted by atomic mass is 9.64. The van der Waals surface area contributed by atoms with Crippen molar-refractivity contribution in [1.29, 1.82) is 0 Å². The largest absolute Gasteiger partial charge is 0.446 e. The summed E-state index contributed by atoms with van der Waals surface area (Å²) >= 11 is 0. The van der Waals surface area contributed by atoms with Crippen molar-refractivity contribution in [2.75, 3.05) is 26.3 Å². The Balaban J connectivity index is 1.66. The normalized spacial score (nSPS) is 38.5. The molecule has 1 amide bonds. The lowest BCUT2D eigenvalue weighted by Gasteiger charge is -2.49. The molecular formula is C20H34N2O4. The van der Waals surface area contributed by atoms with Crippen LogP contribution in [-0.2, 0) is 14.2 Å². The Hall–Kier alpha value is -1.11. The number of ether oxygens (including phenoxy) is 3. The molecule has 0 aromatic rings. The van der Waals surface area contributed by atoms with Crippen LogP contribution in [0.25, 0.3) is 0 Å². The van der Waals surface area contributed by atoms with E-state index >= 15 is 0 Å². The maximum absolute atomic E-state index is 12.2. The molecule has 0 saturated heterocycles. The molecule has 4 aliphatic rings. The number of nitrogens with one attached hydrogen (secondary N) is 1. The van der Waals surface area contributed by atoms with Gasteiger partial charge in [-0.2, -0.15) is 0 Å². The molecule has 2 unspecified atom stereocenters. The SMILES string of the molecule is CCO[C@H]1CC2(OCC)CC3CC1CC(C2)C3OC(=O)NC/C=C/CN. The summed E-state index contributed by atoms with van der Waals surface area (Å²) in [4.78, 5) is 12.2. The fourth-order valence-electron chi connectivity index (χ4n) is 5.54.